The van der Waals surface area contributed by atoms with E-state index in [-0.39, 0.29) is 4.90 Å². The topological polar surface area (TPSA) is 80.3 Å². The Morgan fingerprint density at radius 3 is 2.67 bits per heavy atom. The van der Waals surface area contributed by atoms with Crippen molar-refractivity contribution >= 4 is 37.3 Å². The van der Waals surface area contributed by atoms with E-state index in [1.807, 2.05) is 0 Å². The average Bonchev–Trinajstić information content (AvgIpc) is 2.47. The normalized spacial score (nSPS) is 11.0. The van der Waals surface area contributed by atoms with Gasteiger partial charge in [-0.05, 0) is 24.3 Å². The number of hydrogen-bond donors (Lipinski definition) is 2. The van der Waals surface area contributed by atoms with Crippen molar-refractivity contribution in [3.63, 3.8) is 0 Å². The fourth-order valence-corrected chi connectivity index (χ4v) is 3.34. The van der Waals surface area contributed by atoms with E-state index in [1.165, 1.54) is 19.5 Å². The van der Waals surface area contributed by atoms with Crippen LogP contribution in [-0.2, 0) is 10.0 Å². The van der Waals surface area contributed by atoms with Crippen molar-refractivity contribution < 1.29 is 13.2 Å². The summed E-state index contributed by atoms with van der Waals surface area (Å²) >= 11 is 3.30. The van der Waals surface area contributed by atoms with Gasteiger partial charge in [0, 0.05) is 23.9 Å². The van der Waals surface area contributed by atoms with Gasteiger partial charge in [0.05, 0.1) is 18.5 Å². The minimum absolute atomic E-state index is 0.0644. The van der Waals surface area contributed by atoms with Crippen LogP contribution < -0.4 is 14.8 Å². The third kappa shape index (κ3) is 3.45. The zero-order chi connectivity index (χ0) is 15.5. The summed E-state index contributed by atoms with van der Waals surface area (Å²) in [6, 6.07) is 6.66. The van der Waals surface area contributed by atoms with Crippen LogP contribution >= 0.6 is 15.9 Å². The van der Waals surface area contributed by atoms with Crippen molar-refractivity contribution in [2.24, 2.45) is 0 Å². The number of hydrogen-bond acceptors (Lipinski definition) is 5. The molecule has 0 bridgehead atoms. The van der Waals surface area contributed by atoms with Gasteiger partial charge in [0.1, 0.15) is 10.6 Å². The van der Waals surface area contributed by atoms with Crippen LogP contribution in [0.5, 0.6) is 5.75 Å². The molecule has 21 heavy (non-hydrogen) atoms. The molecule has 1 heterocycles. The summed E-state index contributed by atoms with van der Waals surface area (Å²) in [5.74, 6) is 0.427. The maximum absolute atomic E-state index is 12.5. The summed E-state index contributed by atoms with van der Waals surface area (Å²) in [7, 11) is -0.658. The molecule has 6 nitrogen and oxygen atoms in total. The lowest BCUT2D eigenvalue weighted by Gasteiger charge is -2.14. The number of halogens is 1. The Hall–Kier alpha value is -1.80. The minimum atomic E-state index is -3.78. The number of sulfonamides is 1. The van der Waals surface area contributed by atoms with Gasteiger partial charge in [-0.3, -0.25) is 9.71 Å². The summed E-state index contributed by atoms with van der Waals surface area (Å²) in [6.45, 7) is 0. The Kier molecular flexibility index (Phi) is 4.69. The fraction of sp³-hybridized carbons (Fsp3) is 0.154. The molecule has 0 saturated carbocycles. The monoisotopic (exact) mass is 371 g/mol. The molecule has 1 aromatic carbocycles. The van der Waals surface area contributed by atoms with Crippen molar-refractivity contribution in [3.8, 4) is 5.75 Å². The number of nitrogens with zero attached hydrogens (tertiary/aromatic N) is 1. The van der Waals surface area contributed by atoms with Crippen LogP contribution in [0.15, 0.2) is 46.0 Å². The van der Waals surface area contributed by atoms with Crippen LogP contribution in [0.1, 0.15) is 0 Å². The SMILES string of the molecule is CNc1ccncc1S(=O)(=O)Nc1cc(Br)ccc1OC. The molecule has 0 aliphatic carbocycles. The van der Waals surface area contributed by atoms with Crippen molar-refractivity contribution in [2.45, 2.75) is 4.90 Å². The van der Waals surface area contributed by atoms with Crippen molar-refractivity contribution in [3.05, 3.63) is 41.1 Å². The Balaban J connectivity index is 2.45. The highest BCUT2D eigenvalue weighted by molar-refractivity contribution is 9.10. The zero-order valence-corrected chi connectivity index (χ0v) is 13.8. The number of benzene rings is 1. The largest absolute Gasteiger partial charge is 0.495 e. The van der Waals surface area contributed by atoms with Gasteiger partial charge >= 0.3 is 0 Å². The lowest BCUT2D eigenvalue weighted by molar-refractivity contribution is 0.417. The van der Waals surface area contributed by atoms with Crippen LogP contribution in [0.3, 0.4) is 0 Å². The molecule has 112 valence electrons. The molecular formula is C13H14BrN3O3S. The van der Waals surface area contributed by atoms with Gasteiger partial charge in [0.25, 0.3) is 10.0 Å². The van der Waals surface area contributed by atoms with Crippen LogP contribution in [0.2, 0.25) is 0 Å². The Morgan fingerprint density at radius 2 is 2.00 bits per heavy atom. The summed E-state index contributed by atoms with van der Waals surface area (Å²) in [5, 5.41) is 2.83. The molecule has 0 unspecified atom stereocenters. The molecule has 8 heteroatoms. The molecule has 0 spiro atoms. The van der Waals surface area contributed by atoms with E-state index in [9.17, 15) is 8.42 Å². The predicted octanol–water partition coefficient (Wildman–Crippen LogP) is 2.70. The summed E-state index contributed by atoms with van der Waals surface area (Å²) in [6.07, 6.45) is 2.81. The maximum atomic E-state index is 12.5. The molecule has 2 N–H and O–H groups in total. The highest BCUT2D eigenvalue weighted by Gasteiger charge is 2.20. The van der Waals surface area contributed by atoms with Gasteiger partial charge in [-0.1, -0.05) is 15.9 Å². The summed E-state index contributed by atoms with van der Waals surface area (Å²) < 4.78 is 33.4. The van der Waals surface area contributed by atoms with E-state index in [2.05, 4.69) is 31.0 Å². The van der Waals surface area contributed by atoms with E-state index < -0.39 is 10.0 Å². The van der Waals surface area contributed by atoms with Crippen LogP contribution in [0.4, 0.5) is 11.4 Å². The number of methoxy groups -OCH3 is 1. The molecule has 2 aromatic rings. The summed E-state index contributed by atoms with van der Waals surface area (Å²) in [4.78, 5) is 3.93. The molecule has 0 aliphatic rings. The third-order valence-electron chi connectivity index (χ3n) is 2.75. The first-order valence-corrected chi connectivity index (χ1v) is 8.23. The van der Waals surface area contributed by atoms with E-state index in [0.717, 1.165) is 4.47 Å². The molecule has 0 radical (unpaired) electrons. The smallest absolute Gasteiger partial charge is 0.265 e. The quantitative estimate of drug-likeness (QED) is 0.844. The van der Waals surface area contributed by atoms with Gasteiger partial charge in [0.15, 0.2) is 0 Å². The molecule has 0 amide bonds. The van der Waals surface area contributed by atoms with Crippen LogP contribution in [0, 0.1) is 0 Å². The number of ether oxygens (including phenoxy) is 1. The van der Waals surface area contributed by atoms with Gasteiger partial charge in [-0.15, -0.1) is 0 Å². The van der Waals surface area contributed by atoms with Gasteiger partial charge < -0.3 is 10.1 Å². The number of nitrogens with one attached hydrogen (secondary N) is 2. The molecule has 0 atom stereocenters. The number of pyridine rings is 1. The van der Waals surface area contributed by atoms with Gasteiger partial charge in [-0.25, -0.2) is 8.42 Å². The molecule has 1 aromatic heterocycles. The third-order valence-corrected chi connectivity index (χ3v) is 4.64. The van der Waals surface area contributed by atoms with Gasteiger partial charge in [0.2, 0.25) is 0 Å². The van der Waals surface area contributed by atoms with E-state index in [1.54, 1.807) is 31.3 Å². The molecule has 2 rings (SSSR count). The lowest BCUT2D eigenvalue weighted by atomic mass is 10.3. The first-order valence-electron chi connectivity index (χ1n) is 5.96. The van der Waals surface area contributed by atoms with Crippen LogP contribution in [-0.4, -0.2) is 27.6 Å². The highest BCUT2D eigenvalue weighted by Crippen LogP contribution is 2.31. The number of aromatic nitrogens is 1. The lowest BCUT2D eigenvalue weighted by Crippen LogP contribution is -2.15. The van der Waals surface area contributed by atoms with E-state index in [4.69, 9.17) is 4.74 Å². The number of rotatable bonds is 5. The highest BCUT2D eigenvalue weighted by atomic mass is 79.9. The molecule has 0 aliphatic heterocycles. The van der Waals surface area contributed by atoms with Crippen molar-refractivity contribution in [2.75, 3.05) is 24.2 Å². The Morgan fingerprint density at radius 1 is 1.24 bits per heavy atom. The van der Waals surface area contributed by atoms with Gasteiger partial charge in [-0.2, -0.15) is 0 Å². The molecule has 0 saturated heterocycles. The first kappa shape index (κ1) is 15.6. The minimum Gasteiger partial charge on any atom is -0.495 e. The van der Waals surface area contributed by atoms with Crippen molar-refractivity contribution in [1.29, 1.82) is 0 Å². The Labute approximate surface area is 131 Å². The van der Waals surface area contributed by atoms with E-state index >= 15 is 0 Å². The van der Waals surface area contributed by atoms with E-state index in [0.29, 0.717) is 17.1 Å². The Bertz CT molecular complexity index is 750. The first-order chi connectivity index (χ1) is 9.97. The average molecular weight is 372 g/mol. The predicted molar refractivity (Wildman–Crippen MR) is 85.3 cm³/mol. The second kappa shape index (κ2) is 6.31. The van der Waals surface area contributed by atoms with Crippen molar-refractivity contribution in [1.82, 2.24) is 4.98 Å². The summed E-state index contributed by atoms with van der Waals surface area (Å²) in [5.41, 5.74) is 0.809. The van der Waals surface area contributed by atoms with Crippen LogP contribution in [0.25, 0.3) is 0 Å². The maximum Gasteiger partial charge on any atom is 0.265 e. The fourth-order valence-electron chi connectivity index (χ4n) is 1.76. The standard InChI is InChI=1S/C13H14BrN3O3S/c1-15-10-5-6-16-8-13(10)21(18,19)17-11-7-9(14)3-4-12(11)20-2/h3-8,17H,1-2H3,(H,15,16). The second-order valence-electron chi connectivity index (χ2n) is 4.07. The molecular weight excluding hydrogens is 358 g/mol. The second-order valence-corrected chi connectivity index (χ2v) is 6.64. The number of anilines is 2. The molecule has 0 fully saturated rings. The zero-order valence-electron chi connectivity index (χ0n) is 11.4.